The maximum atomic E-state index is 12.3. The molecule has 1 fully saturated rings. The zero-order chi connectivity index (χ0) is 17.1. The number of nitrogens with zero attached hydrogens (tertiary/aromatic N) is 2. The minimum absolute atomic E-state index is 0.0175. The molecule has 1 aliphatic heterocycles. The number of hydrogen-bond acceptors (Lipinski definition) is 4. The van der Waals surface area contributed by atoms with Crippen molar-refractivity contribution < 1.29 is 19.8 Å². The molecule has 0 radical (unpaired) electrons. The van der Waals surface area contributed by atoms with Crippen LogP contribution in [0.2, 0.25) is 0 Å². The number of aliphatic hydroxyl groups excluding tert-OH is 1. The van der Waals surface area contributed by atoms with Crippen LogP contribution in [0, 0.1) is 6.92 Å². The summed E-state index contributed by atoms with van der Waals surface area (Å²) in [4.78, 5) is 26.7. The number of aryl methyl sites for hydroxylation is 1. The summed E-state index contributed by atoms with van der Waals surface area (Å²) in [5.41, 5.74) is 2.01. The Balaban J connectivity index is 0.000000789. The van der Waals surface area contributed by atoms with Crippen LogP contribution in [0.5, 0.6) is 0 Å². The number of rotatable bonds is 2. The van der Waals surface area contributed by atoms with Crippen molar-refractivity contribution in [2.75, 3.05) is 13.1 Å². The summed E-state index contributed by atoms with van der Waals surface area (Å²) in [6.07, 6.45) is 3.08. The first kappa shape index (κ1) is 20.1. The lowest BCUT2D eigenvalue weighted by Gasteiger charge is -2.18. The molecule has 0 spiro atoms. The Bertz CT molecular complexity index is 469. The van der Waals surface area contributed by atoms with E-state index in [1.807, 2.05) is 25.7 Å². The van der Waals surface area contributed by atoms with Gasteiger partial charge in [0.2, 0.25) is 0 Å². The molecule has 22 heavy (non-hydrogen) atoms. The van der Waals surface area contributed by atoms with Crippen LogP contribution >= 0.6 is 0 Å². The molecule has 0 aliphatic carbocycles. The molecule has 1 aromatic rings. The molecule has 0 aromatic carbocycles. The molecule has 2 heterocycles. The standard InChI is InChI=1S/C13H18N2O2.C2H6.CH2O2/c1-9-7-11(12(8-14-9)10(2)16)13(17)15-5-3-4-6-15;1-2;2-1-3/h7-8,10,16H,3-6H2,1-2H3;1-2H3;1H,(H,2,3). The first-order valence-electron chi connectivity index (χ1n) is 7.53. The average molecular weight is 310 g/mol. The summed E-state index contributed by atoms with van der Waals surface area (Å²) in [6, 6.07) is 1.77. The average Bonchev–Trinajstić information content (AvgIpc) is 3.03. The van der Waals surface area contributed by atoms with E-state index in [1.54, 1.807) is 19.2 Å². The van der Waals surface area contributed by atoms with Crippen LogP contribution in [0.15, 0.2) is 12.3 Å². The van der Waals surface area contributed by atoms with E-state index < -0.39 is 6.10 Å². The fourth-order valence-electron chi connectivity index (χ4n) is 2.18. The third kappa shape index (κ3) is 5.81. The number of hydrogen-bond donors (Lipinski definition) is 2. The number of likely N-dealkylation sites (tertiary alicyclic amines) is 1. The topological polar surface area (TPSA) is 90.7 Å². The maximum Gasteiger partial charge on any atom is 0.290 e. The van der Waals surface area contributed by atoms with Gasteiger partial charge in [-0.25, -0.2) is 0 Å². The summed E-state index contributed by atoms with van der Waals surface area (Å²) in [6.45, 7) is 8.90. The van der Waals surface area contributed by atoms with Gasteiger partial charge in [-0.15, -0.1) is 0 Å². The van der Waals surface area contributed by atoms with Crippen molar-refractivity contribution in [3.8, 4) is 0 Å². The number of carboxylic acid groups (broad SMARTS) is 1. The van der Waals surface area contributed by atoms with E-state index in [-0.39, 0.29) is 12.4 Å². The van der Waals surface area contributed by atoms with E-state index in [1.165, 1.54) is 0 Å². The van der Waals surface area contributed by atoms with E-state index >= 15 is 0 Å². The van der Waals surface area contributed by atoms with Crippen molar-refractivity contribution in [2.24, 2.45) is 0 Å². The Morgan fingerprint density at radius 1 is 1.36 bits per heavy atom. The largest absolute Gasteiger partial charge is 0.483 e. The Kier molecular flexibility index (Phi) is 9.78. The fraction of sp³-hybridized carbons (Fsp3) is 0.562. The second-order valence-corrected chi connectivity index (χ2v) is 4.69. The van der Waals surface area contributed by atoms with E-state index in [4.69, 9.17) is 9.90 Å². The van der Waals surface area contributed by atoms with Gasteiger partial charge in [0.05, 0.1) is 6.10 Å². The van der Waals surface area contributed by atoms with Crippen LogP contribution in [0.25, 0.3) is 0 Å². The molecular weight excluding hydrogens is 284 g/mol. The molecule has 124 valence electrons. The Morgan fingerprint density at radius 2 is 1.86 bits per heavy atom. The predicted molar refractivity (Wildman–Crippen MR) is 84.8 cm³/mol. The zero-order valence-electron chi connectivity index (χ0n) is 13.7. The Hall–Kier alpha value is -1.95. The molecule has 2 rings (SSSR count). The van der Waals surface area contributed by atoms with Crippen molar-refractivity contribution >= 4 is 12.4 Å². The molecule has 2 N–H and O–H groups in total. The number of pyridine rings is 1. The lowest BCUT2D eigenvalue weighted by molar-refractivity contribution is -0.122. The van der Waals surface area contributed by atoms with Gasteiger partial charge in [0.25, 0.3) is 12.4 Å². The van der Waals surface area contributed by atoms with Crippen LogP contribution in [-0.4, -0.2) is 45.6 Å². The lowest BCUT2D eigenvalue weighted by atomic mass is 10.0. The van der Waals surface area contributed by atoms with E-state index in [9.17, 15) is 9.90 Å². The molecule has 1 saturated heterocycles. The SMILES string of the molecule is CC.Cc1cc(C(=O)N2CCCC2)c(C(C)O)cn1.O=CO. The number of aliphatic hydroxyl groups is 1. The van der Waals surface area contributed by atoms with Gasteiger partial charge in [0, 0.05) is 36.1 Å². The summed E-state index contributed by atoms with van der Waals surface area (Å²) in [5, 5.41) is 16.6. The smallest absolute Gasteiger partial charge is 0.290 e. The highest BCUT2D eigenvalue weighted by atomic mass is 16.3. The van der Waals surface area contributed by atoms with Crippen LogP contribution in [-0.2, 0) is 4.79 Å². The summed E-state index contributed by atoms with van der Waals surface area (Å²) >= 11 is 0. The molecule has 1 aromatic heterocycles. The van der Waals surface area contributed by atoms with Gasteiger partial charge < -0.3 is 15.1 Å². The van der Waals surface area contributed by atoms with Crippen molar-refractivity contribution in [3.63, 3.8) is 0 Å². The third-order valence-electron chi connectivity index (χ3n) is 3.15. The fourth-order valence-corrected chi connectivity index (χ4v) is 2.18. The van der Waals surface area contributed by atoms with Gasteiger partial charge in [0.15, 0.2) is 0 Å². The monoisotopic (exact) mass is 310 g/mol. The van der Waals surface area contributed by atoms with E-state index in [2.05, 4.69) is 4.98 Å². The van der Waals surface area contributed by atoms with Crippen molar-refractivity contribution in [1.82, 2.24) is 9.88 Å². The highest BCUT2D eigenvalue weighted by molar-refractivity contribution is 5.96. The molecule has 6 heteroatoms. The lowest BCUT2D eigenvalue weighted by Crippen LogP contribution is -2.29. The van der Waals surface area contributed by atoms with E-state index in [0.717, 1.165) is 31.6 Å². The molecule has 1 unspecified atom stereocenters. The number of carbonyl (C=O) groups excluding carboxylic acids is 1. The molecule has 6 nitrogen and oxygen atoms in total. The molecule has 1 amide bonds. The van der Waals surface area contributed by atoms with Crippen molar-refractivity contribution in [3.05, 3.63) is 29.1 Å². The van der Waals surface area contributed by atoms with Gasteiger partial charge in [-0.3, -0.25) is 14.6 Å². The predicted octanol–water partition coefficient (Wildman–Crippen LogP) is 2.41. The highest BCUT2D eigenvalue weighted by Crippen LogP contribution is 2.21. The van der Waals surface area contributed by atoms with Crippen LogP contribution < -0.4 is 0 Å². The van der Waals surface area contributed by atoms with Gasteiger partial charge in [-0.05, 0) is 32.8 Å². The summed E-state index contributed by atoms with van der Waals surface area (Å²) in [7, 11) is 0. The van der Waals surface area contributed by atoms with Crippen LogP contribution in [0.3, 0.4) is 0 Å². The van der Waals surface area contributed by atoms with Crippen molar-refractivity contribution in [2.45, 2.75) is 46.6 Å². The van der Waals surface area contributed by atoms with Crippen LogP contribution in [0.1, 0.15) is 61.3 Å². The van der Waals surface area contributed by atoms with Gasteiger partial charge >= 0.3 is 0 Å². The second kappa shape index (κ2) is 10.7. The number of carbonyl (C=O) groups is 2. The summed E-state index contributed by atoms with van der Waals surface area (Å²) < 4.78 is 0. The Labute approximate surface area is 131 Å². The first-order valence-corrected chi connectivity index (χ1v) is 7.53. The van der Waals surface area contributed by atoms with Gasteiger partial charge in [-0.2, -0.15) is 0 Å². The number of amides is 1. The van der Waals surface area contributed by atoms with Crippen LogP contribution in [0.4, 0.5) is 0 Å². The van der Waals surface area contributed by atoms with E-state index in [0.29, 0.717) is 11.1 Å². The van der Waals surface area contributed by atoms with Gasteiger partial charge in [0.1, 0.15) is 0 Å². The number of aromatic nitrogens is 1. The summed E-state index contributed by atoms with van der Waals surface area (Å²) in [5.74, 6) is 0.0175. The molecule has 0 saturated carbocycles. The Morgan fingerprint density at radius 3 is 2.32 bits per heavy atom. The maximum absolute atomic E-state index is 12.3. The molecule has 1 aliphatic rings. The quantitative estimate of drug-likeness (QED) is 0.819. The van der Waals surface area contributed by atoms with Gasteiger partial charge in [-0.1, -0.05) is 13.8 Å². The second-order valence-electron chi connectivity index (χ2n) is 4.69. The highest BCUT2D eigenvalue weighted by Gasteiger charge is 2.23. The minimum Gasteiger partial charge on any atom is -0.483 e. The normalized spacial score (nSPS) is 14.1. The molecule has 0 bridgehead atoms. The first-order chi connectivity index (χ1) is 10.5. The minimum atomic E-state index is -0.662. The molecular formula is C16H26N2O4. The third-order valence-corrected chi connectivity index (χ3v) is 3.15. The zero-order valence-corrected chi connectivity index (χ0v) is 13.7. The van der Waals surface area contributed by atoms with Crippen molar-refractivity contribution in [1.29, 1.82) is 0 Å². The molecule has 1 atom stereocenters.